The number of aromatic nitrogens is 2. The number of hydrogen-bond acceptors (Lipinski definition) is 6. The van der Waals surface area contributed by atoms with Crippen LogP contribution in [-0.2, 0) is 0 Å². The molecule has 2 aromatic heterocycles. The highest BCUT2D eigenvalue weighted by Crippen LogP contribution is 2.25. The largest absolute Gasteiger partial charge is 0.296 e. The molecule has 0 aliphatic rings. The van der Waals surface area contributed by atoms with Crippen LogP contribution in [0.1, 0.15) is 15.2 Å². The maximum atomic E-state index is 12.1. The Morgan fingerprint density at radius 3 is 2.57 bits per heavy atom. The number of aliphatic imine (C=N–C) groups is 1. The number of carbonyl (C=O) groups excluding carboxylic acids is 1. The van der Waals surface area contributed by atoms with Gasteiger partial charge in [0.25, 0.3) is 5.91 Å². The second-order valence-corrected chi connectivity index (χ2v) is 8.62. The Morgan fingerprint density at radius 1 is 1.09 bits per heavy atom. The van der Waals surface area contributed by atoms with Crippen LogP contribution in [0.25, 0.3) is 0 Å². The average Bonchev–Trinajstić information content (AvgIpc) is 3.15. The molecule has 5 nitrogen and oxygen atoms in total. The molecule has 23 heavy (non-hydrogen) atoms. The first-order valence-electron chi connectivity index (χ1n) is 6.30. The number of rotatable bonds is 4. The van der Waals surface area contributed by atoms with Crippen molar-refractivity contribution in [3.63, 3.8) is 0 Å². The van der Waals surface area contributed by atoms with Crippen molar-refractivity contribution in [2.75, 3.05) is 5.32 Å². The first kappa shape index (κ1) is 16.4. The standard InChI is InChI=1S/C14H8Br2N4OS2/c15-9-3-1-8(2-4-9)12(21)18-14-20-19-13(23-14)17-7-10-5-6-11(16)22-10/h1-7H,(H,18,20,21)/b17-7+. The van der Waals surface area contributed by atoms with Crippen LogP contribution in [-0.4, -0.2) is 22.3 Å². The van der Waals surface area contributed by atoms with Crippen molar-refractivity contribution in [1.82, 2.24) is 10.2 Å². The van der Waals surface area contributed by atoms with E-state index in [1.807, 2.05) is 24.3 Å². The van der Waals surface area contributed by atoms with E-state index in [0.717, 1.165) is 13.1 Å². The monoisotopic (exact) mass is 470 g/mol. The van der Waals surface area contributed by atoms with Crippen LogP contribution in [0, 0.1) is 0 Å². The van der Waals surface area contributed by atoms with Crippen LogP contribution in [0.3, 0.4) is 0 Å². The minimum absolute atomic E-state index is 0.230. The van der Waals surface area contributed by atoms with E-state index >= 15 is 0 Å². The van der Waals surface area contributed by atoms with Gasteiger partial charge in [-0.1, -0.05) is 27.3 Å². The maximum Gasteiger partial charge on any atom is 0.257 e. The molecule has 0 atom stereocenters. The normalized spacial score (nSPS) is 11.0. The van der Waals surface area contributed by atoms with E-state index in [9.17, 15) is 4.79 Å². The molecular formula is C14H8Br2N4OS2. The fraction of sp³-hybridized carbons (Fsp3) is 0. The van der Waals surface area contributed by atoms with Gasteiger partial charge in [-0.3, -0.25) is 10.1 Å². The Bertz CT molecular complexity index is 858. The number of benzene rings is 1. The molecule has 1 amide bonds. The van der Waals surface area contributed by atoms with Gasteiger partial charge < -0.3 is 0 Å². The Balaban J connectivity index is 1.66. The summed E-state index contributed by atoms with van der Waals surface area (Å²) >= 11 is 9.52. The van der Waals surface area contributed by atoms with E-state index in [1.54, 1.807) is 29.7 Å². The zero-order chi connectivity index (χ0) is 16.2. The summed E-state index contributed by atoms with van der Waals surface area (Å²) in [5, 5.41) is 11.5. The van der Waals surface area contributed by atoms with E-state index in [-0.39, 0.29) is 5.91 Å². The van der Waals surface area contributed by atoms with Crippen molar-refractivity contribution >= 4 is 76.9 Å². The highest BCUT2D eigenvalue weighted by molar-refractivity contribution is 9.11. The third kappa shape index (κ3) is 4.54. The molecule has 2 heterocycles. The predicted octanol–water partition coefficient (Wildman–Crippen LogP) is 5.13. The summed E-state index contributed by atoms with van der Waals surface area (Å²) in [7, 11) is 0. The maximum absolute atomic E-state index is 12.1. The van der Waals surface area contributed by atoms with Crippen LogP contribution in [0.4, 0.5) is 10.3 Å². The Labute approximate surface area is 156 Å². The third-order valence-corrected chi connectivity index (χ3v) is 5.47. The molecule has 116 valence electrons. The number of carbonyl (C=O) groups is 1. The molecule has 0 radical (unpaired) electrons. The average molecular weight is 472 g/mol. The second-order valence-electron chi connectivity index (χ2n) is 4.25. The topological polar surface area (TPSA) is 67.2 Å². The van der Waals surface area contributed by atoms with Crippen LogP contribution in [0.5, 0.6) is 0 Å². The van der Waals surface area contributed by atoms with E-state index in [2.05, 4.69) is 52.4 Å². The van der Waals surface area contributed by atoms with Gasteiger partial charge in [-0.15, -0.1) is 21.5 Å². The summed E-state index contributed by atoms with van der Waals surface area (Å²) < 4.78 is 1.96. The van der Waals surface area contributed by atoms with Crippen molar-refractivity contribution in [2.24, 2.45) is 4.99 Å². The Kier molecular flexibility index (Phi) is 5.31. The smallest absolute Gasteiger partial charge is 0.257 e. The van der Waals surface area contributed by atoms with Crippen molar-refractivity contribution < 1.29 is 4.79 Å². The number of nitrogens with zero attached hydrogens (tertiary/aromatic N) is 3. The summed E-state index contributed by atoms with van der Waals surface area (Å²) in [6.45, 7) is 0. The summed E-state index contributed by atoms with van der Waals surface area (Å²) in [6.07, 6.45) is 1.72. The molecule has 1 N–H and O–H groups in total. The van der Waals surface area contributed by atoms with Gasteiger partial charge in [0.1, 0.15) is 0 Å². The summed E-state index contributed by atoms with van der Waals surface area (Å²) in [4.78, 5) is 17.3. The molecule has 0 unspecified atom stereocenters. The molecule has 0 bridgehead atoms. The van der Waals surface area contributed by atoms with Gasteiger partial charge in [-0.05, 0) is 52.3 Å². The van der Waals surface area contributed by atoms with E-state index in [1.165, 1.54) is 11.3 Å². The molecule has 9 heteroatoms. The van der Waals surface area contributed by atoms with Crippen molar-refractivity contribution in [3.05, 3.63) is 55.1 Å². The fourth-order valence-corrected chi connectivity index (χ4v) is 3.75. The van der Waals surface area contributed by atoms with Crippen LogP contribution in [0.2, 0.25) is 0 Å². The summed E-state index contributed by atoms with van der Waals surface area (Å²) in [5.74, 6) is -0.230. The van der Waals surface area contributed by atoms with Gasteiger partial charge in [0.05, 0.1) is 3.79 Å². The lowest BCUT2D eigenvalue weighted by atomic mass is 10.2. The molecule has 0 aliphatic carbocycles. The Morgan fingerprint density at radius 2 is 1.87 bits per heavy atom. The number of hydrogen-bond donors (Lipinski definition) is 1. The summed E-state index contributed by atoms with van der Waals surface area (Å²) in [5.41, 5.74) is 0.553. The highest BCUT2D eigenvalue weighted by atomic mass is 79.9. The molecule has 3 aromatic rings. The first-order chi connectivity index (χ1) is 11.1. The molecule has 0 fully saturated rings. The van der Waals surface area contributed by atoms with Gasteiger partial charge in [-0.2, -0.15) is 0 Å². The lowest BCUT2D eigenvalue weighted by molar-refractivity contribution is 0.102. The van der Waals surface area contributed by atoms with Crippen LogP contribution in [0.15, 0.2) is 49.6 Å². The predicted molar refractivity (Wildman–Crippen MR) is 101 cm³/mol. The minimum Gasteiger partial charge on any atom is -0.296 e. The summed E-state index contributed by atoms with van der Waals surface area (Å²) in [6, 6.07) is 11.0. The fourth-order valence-electron chi connectivity index (χ4n) is 1.61. The number of thiophene rings is 1. The highest BCUT2D eigenvalue weighted by Gasteiger charge is 2.09. The first-order valence-corrected chi connectivity index (χ1v) is 9.52. The third-order valence-electron chi connectivity index (χ3n) is 2.64. The molecule has 0 saturated heterocycles. The number of halogens is 2. The quantitative estimate of drug-likeness (QED) is 0.536. The number of nitrogens with one attached hydrogen (secondary N) is 1. The lowest BCUT2D eigenvalue weighted by Gasteiger charge is -2.00. The zero-order valence-corrected chi connectivity index (χ0v) is 16.2. The van der Waals surface area contributed by atoms with Gasteiger partial charge in [0.2, 0.25) is 10.3 Å². The second kappa shape index (κ2) is 7.43. The molecule has 1 aromatic carbocycles. The SMILES string of the molecule is O=C(Nc1nnc(/N=C/c2ccc(Br)s2)s1)c1ccc(Br)cc1. The van der Waals surface area contributed by atoms with Crippen molar-refractivity contribution in [1.29, 1.82) is 0 Å². The van der Waals surface area contributed by atoms with Gasteiger partial charge in [-0.25, -0.2) is 4.99 Å². The van der Waals surface area contributed by atoms with E-state index < -0.39 is 0 Å². The Hall–Kier alpha value is -1.42. The molecular weight excluding hydrogens is 464 g/mol. The van der Waals surface area contributed by atoms with E-state index in [0.29, 0.717) is 15.8 Å². The molecule has 3 rings (SSSR count). The molecule has 0 aliphatic heterocycles. The lowest BCUT2D eigenvalue weighted by Crippen LogP contribution is -2.11. The van der Waals surface area contributed by atoms with Crippen LogP contribution >= 0.6 is 54.5 Å². The number of anilines is 1. The van der Waals surface area contributed by atoms with Crippen molar-refractivity contribution in [3.8, 4) is 0 Å². The van der Waals surface area contributed by atoms with Crippen LogP contribution < -0.4 is 5.32 Å². The van der Waals surface area contributed by atoms with Crippen molar-refractivity contribution in [2.45, 2.75) is 0 Å². The van der Waals surface area contributed by atoms with Gasteiger partial charge >= 0.3 is 0 Å². The number of amides is 1. The van der Waals surface area contributed by atoms with Gasteiger partial charge in [0, 0.05) is 21.1 Å². The van der Waals surface area contributed by atoms with E-state index in [4.69, 9.17) is 0 Å². The molecule has 0 spiro atoms. The van der Waals surface area contributed by atoms with Gasteiger partial charge in [0.15, 0.2) is 0 Å². The zero-order valence-electron chi connectivity index (χ0n) is 11.4. The molecule has 0 saturated carbocycles. The minimum atomic E-state index is -0.230.